The SMILES string of the molecule is CC(C)(C)OC(=O)N[C@H]1CCN(c2cccc3ncc(O)cc23)C1=O. The minimum atomic E-state index is -0.629. The predicted molar refractivity (Wildman–Crippen MR) is 93.5 cm³/mol. The summed E-state index contributed by atoms with van der Waals surface area (Å²) in [5, 5.41) is 13.0. The number of nitrogens with zero attached hydrogens (tertiary/aromatic N) is 2. The molecule has 1 saturated heterocycles. The van der Waals surface area contributed by atoms with E-state index in [1.807, 2.05) is 12.1 Å². The average molecular weight is 343 g/mol. The van der Waals surface area contributed by atoms with Gasteiger partial charge in [0.05, 0.1) is 17.4 Å². The molecule has 1 atom stereocenters. The molecule has 0 bridgehead atoms. The summed E-state index contributed by atoms with van der Waals surface area (Å²) in [6.45, 7) is 5.77. The molecule has 1 fully saturated rings. The summed E-state index contributed by atoms with van der Waals surface area (Å²) in [7, 11) is 0. The van der Waals surface area contributed by atoms with E-state index in [4.69, 9.17) is 4.74 Å². The first-order valence-corrected chi connectivity index (χ1v) is 8.13. The zero-order valence-corrected chi connectivity index (χ0v) is 14.4. The largest absolute Gasteiger partial charge is 0.506 e. The van der Waals surface area contributed by atoms with Crippen LogP contribution in [0.5, 0.6) is 5.75 Å². The second-order valence-electron chi connectivity index (χ2n) is 7.01. The summed E-state index contributed by atoms with van der Waals surface area (Å²) in [4.78, 5) is 30.4. The Hall–Kier alpha value is -2.83. The number of hydrogen-bond donors (Lipinski definition) is 2. The van der Waals surface area contributed by atoms with Crippen LogP contribution in [0.3, 0.4) is 0 Å². The molecule has 2 N–H and O–H groups in total. The fraction of sp³-hybridized carbons (Fsp3) is 0.389. The zero-order chi connectivity index (χ0) is 18.2. The number of rotatable bonds is 2. The lowest BCUT2D eigenvalue weighted by Gasteiger charge is -2.22. The van der Waals surface area contributed by atoms with E-state index in [2.05, 4.69) is 10.3 Å². The second kappa shape index (κ2) is 6.23. The number of alkyl carbamates (subject to hydrolysis) is 1. The zero-order valence-electron chi connectivity index (χ0n) is 14.4. The molecule has 7 nitrogen and oxygen atoms in total. The minimum absolute atomic E-state index is 0.0371. The Morgan fingerprint density at radius 2 is 2.16 bits per heavy atom. The van der Waals surface area contributed by atoms with Gasteiger partial charge in [0.1, 0.15) is 17.4 Å². The van der Waals surface area contributed by atoms with Crippen LogP contribution in [-0.4, -0.2) is 40.3 Å². The number of aromatic nitrogens is 1. The first-order chi connectivity index (χ1) is 11.7. The number of carbonyl (C=O) groups excluding carboxylic acids is 2. The van der Waals surface area contributed by atoms with Gasteiger partial charge in [-0.1, -0.05) is 6.07 Å². The molecule has 25 heavy (non-hydrogen) atoms. The summed E-state index contributed by atoms with van der Waals surface area (Å²) >= 11 is 0. The van der Waals surface area contributed by atoms with E-state index in [-0.39, 0.29) is 11.7 Å². The number of anilines is 1. The van der Waals surface area contributed by atoms with E-state index in [0.717, 1.165) is 0 Å². The highest BCUT2D eigenvalue weighted by Gasteiger charge is 2.35. The highest BCUT2D eigenvalue weighted by molar-refractivity contribution is 6.07. The molecule has 2 heterocycles. The Morgan fingerprint density at radius 1 is 1.40 bits per heavy atom. The lowest BCUT2D eigenvalue weighted by atomic mass is 10.1. The molecule has 7 heteroatoms. The number of aromatic hydroxyl groups is 1. The van der Waals surface area contributed by atoms with Gasteiger partial charge < -0.3 is 20.1 Å². The first-order valence-electron chi connectivity index (χ1n) is 8.13. The minimum Gasteiger partial charge on any atom is -0.506 e. The third-order valence-electron chi connectivity index (χ3n) is 3.88. The molecule has 1 aromatic carbocycles. The van der Waals surface area contributed by atoms with Gasteiger partial charge in [-0.05, 0) is 45.4 Å². The summed E-state index contributed by atoms with van der Waals surface area (Å²) in [5.41, 5.74) is 0.732. The van der Waals surface area contributed by atoms with Crippen molar-refractivity contribution in [2.24, 2.45) is 0 Å². The Bertz CT molecular complexity index is 829. The van der Waals surface area contributed by atoms with Crippen LogP contribution >= 0.6 is 0 Å². The summed E-state index contributed by atoms with van der Waals surface area (Å²) in [5.74, 6) is -0.170. The molecule has 3 rings (SSSR count). The second-order valence-corrected chi connectivity index (χ2v) is 7.01. The molecule has 132 valence electrons. The molecule has 0 unspecified atom stereocenters. The van der Waals surface area contributed by atoms with Gasteiger partial charge in [0.15, 0.2) is 0 Å². The van der Waals surface area contributed by atoms with E-state index in [1.54, 1.807) is 37.8 Å². The van der Waals surface area contributed by atoms with Gasteiger partial charge in [0.2, 0.25) is 5.91 Å². The lowest BCUT2D eigenvalue weighted by Crippen LogP contribution is -2.43. The van der Waals surface area contributed by atoms with Crippen LogP contribution in [0, 0.1) is 0 Å². The first kappa shape index (κ1) is 17.0. The van der Waals surface area contributed by atoms with E-state index in [0.29, 0.717) is 29.6 Å². The molecule has 2 amide bonds. The topological polar surface area (TPSA) is 91.8 Å². The quantitative estimate of drug-likeness (QED) is 0.874. The van der Waals surface area contributed by atoms with Crippen molar-refractivity contribution in [1.29, 1.82) is 0 Å². The summed E-state index contributed by atoms with van der Waals surface area (Å²) in [6.07, 6.45) is 1.25. The van der Waals surface area contributed by atoms with Crippen LogP contribution in [0.15, 0.2) is 30.5 Å². The normalized spacial score (nSPS) is 17.8. The molecule has 0 saturated carbocycles. The van der Waals surface area contributed by atoms with Gasteiger partial charge in [0, 0.05) is 11.9 Å². The molecule has 0 radical (unpaired) electrons. The molecule has 0 aliphatic carbocycles. The van der Waals surface area contributed by atoms with E-state index < -0.39 is 17.7 Å². The number of nitrogens with one attached hydrogen (secondary N) is 1. The third kappa shape index (κ3) is 3.65. The molecule has 1 aliphatic rings. The van der Waals surface area contributed by atoms with Crippen LogP contribution in [0.1, 0.15) is 27.2 Å². The van der Waals surface area contributed by atoms with Gasteiger partial charge in [-0.15, -0.1) is 0 Å². The van der Waals surface area contributed by atoms with Gasteiger partial charge in [0.25, 0.3) is 0 Å². The Labute approximate surface area is 145 Å². The van der Waals surface area contributed by atoms with Crippen LogP contribution in [-0.2, 0) is 9.53 Å². The standard InChI is InChI=1S/C18H21N3O4/c1-18(2,3)25-17(24)20-14-7-8-21(16(14)23)15-6-4-5-13-12(15)9-11(22)10-19-13/h4-6,9-10,14,22H,7-8H2,1-3H3,(H,20,24)/t14-/m0/s1. The van der Waals surface area contributed by atoms with Crippen molar-refractivity contribution >= 4 is 28.6 Å². The monoisotopic (exact) mass is 343 g/mol. The molecule has 1 aliphatic heterocycles. The fourth-order valence-electron chi connectivity index (χ4n) is 2.86. The summed E-state index contributed by atoms with van der Waals surface area (Å²) < 4.78 is 5.21. The van der Waals surface area contributed by atoms with Crippen LogP contribution < -0.4 is 10.2 Å². The van der Waals surface area contributed by atoms with Crippen LogP contribution in [0.2, 0.25) is 0 Å². The molecule has 1 aromatic heterocycles. The van der Waals surface area contributed by atoms with Crippen molar-refractivity contribution in [1.82, 2.24) is 10.3 Å². The number of ether oxygens (including phenoxy) is 1. The van der Waals surface area contributed by atoms with Gasteiger partial charge in [-0.3, -0.25) is 9.78 Å². The third-order valence-corrected chi connectivity index (χ3v) is 3.88. The molecular weight excluding hydrogens is 322 g/mol. The number of pyridine rings is 1. The predicted octanol–water partition coefficient (Wildman–Crippen LogP) is 2.57. The van der Waals surface area contributed by atoms with Crippen molar-refractivity contribution in [3.63, 3.8) is 0 Å². The average Bonchev–Trinajstić information content (AvgIpc) is 2.85. The fourth-order valence-corrected chi connectivity index (χ4v) is 2.86. The molecule has 2 aromatic rings. The maximum atomic E-state index is 12.7. The van der Waals surface area contributed by atoms with Crippen molar-refractivity contribution < 1.29 is 19.4 Å². The molecular formula is C18H21N3O4. The van der Waals surface area contributed by atoms with E-state index in [1.165, 1.54) is 6.20 Å². The van der Waals surface area contributed by atoms with Gasteiger partial charge >= 0.3 is 6.09 Å². The number of carbonyl (C=O) groups is 2. The highest BCUT2D eigenvalue weighted by atomic mass is 16.6. The van der Waals surface area contributed by atoms with Gasteiger partial charge in [-0.25, -0.2) is 4.79 Å². The highest BCUT2D eigenvalue weighted by Crippen LogP contribution is 2.31. The van der Waals surface area contributed by atoms with Crippen LogP contribution in [0.25, 0.3) is 10.9 Å². The van der Waals surface area contributed by atoms with E-state index in [9.17, 15) is 14.7 Å². The number of fused-ring (bicyclic) bond motifs is 1. The van der Waals surface area contributed by atoms with E-state index >= 15 is 0 Å². The number of benzene rings is 1. The van der Waals surface area contributed by atoms with Gasteiger partial charge in [-0.2, -0.15) is 0 Å². The Kier molecular flexibility index (Phi) is 4.24. The Balaban J connectivity index is 1.81. The van der Waals surface area contributed by atoms with Crippen molar-refractivity contribution in [3.8, 4) is 5.75 Å². The molecule has 0 spiro atoms. The Morgan fingerprint density at radius 3 is 2.88 bits per heavy atom. The lowest BCUT2D eigenvalue weighted by molar-refractivity contribution is -0.118. The van der Waals surface area contributed by atoms with Crippen molar-refractivity contribution in [2.45, 2.75) is 38.8 Å². The maximum Gasteiger partial charge on any atom is 0.408 e. The van der Waals surface area contributed by atoms with Crippen LogP contribution in [0.4, 0.5) is 10.5 Å². The smallest absolute Gasteiger partial charge is 0.408 e. The maximum absolute atomic E-state index is 12.7. The van der Waals surface area contributed by atoms with Crippen molar-refractivity contribution in [3.05, 3.63) is 30.5 Å². The summed E-state index contributed by atoms with van der Waals surface area (Å²) in [6, 6.07) is 6.38. The number of amides is 2. The van der Waals surface area contributed by atoms with Crippen molar-refractivity contribution in [2.75, 3.05) is 11.4 Å². The number of hydrogen-bond acceptors (Lipinski definition) is 5.